The molecule has 2 aliphatic rings. The van der Waals surface area contributed by atoms with Crippen molar-refractivity contribution in [2.45, 2.75) is 13.0 Å². The standard InChI is InChI=1S/C14H22N2O4S/c1-21(17,18)16-6-8-19-12-14(11-16)4-5-15(10-14)9-13-3-2-7-20-13/h2-3,7H,4-6,8-12H2,1H3. The SMILES string of the molecule is CS(=O)(=O)N1CCOCC2(CCN(Cc3ccco3)C2)C1. The lowest BCUT2D eigenvalue weighted by Crippen LogP contribution is -2.42. The van der Waals surface area contributed by atoms with Gasteiger partial charge in [-0.3, -0.25) is 4.90 Å². The Kier molecular flexibility index (Phi) is 4.09. The second kappa shape index (κ2) is 5.72. The molecule has 2 saturated heterocycles. The maximum Gasteiger partial charge on any atom is 0.211 e. The summed E-state index contributed by atoms with van der Waals surface area (Å²) >= 11 is 0. The lowest BCUT2D eigenvalue weighted by atomic mass is 9.88. The van der Waals surface area contributed by atoms with Crippen LogP contribution in [-0.2, 0) is 21.3 Å². The van der Waals surface area contributed by atoms with Gasteiger partial charge in [-0.1, -0.05) is 0 Å². The van der Waals surface area contributed by atoms with Crippen LogP contribution in [0.1, 0.15) is 12.2 Å². The van der Waals surface area contributed by atoms with Crippen molar-refractivity contribution in [3.63, 3.8) is 0 Å². The number of likely N-dealkylation sites (tertiary alicyclic amines) is 1. The summed E-state index contributed by atoms with van der Waals surface area (Å²) in [6.45, 7) is 4.69. The van der Waals surface area contributed by atoms with Crippen molar-refractivity contribution in [3.05, 3.63) is 24.2 Å². The molecule has 3 heterocycles. The highest BCUT2D eigenvalue weighted by Gasteiger charge is 2.42. The topological polar surface area (TPSA) is 63.0 Å². The van der Waals surface area contributed by atoms with Crippen molar-refractivity contribution >= 4 is 10.0 Å². The highest BCUT2D eigenvalue weighted by atomic mass is 32.2. The Morgan fingerprint density at radius 2 is 2.19 bits per heavy atom. The van der Waals surface area contributed by atoms with Crippen molar-refractivity contribution < 1.29 is 17.6 Å². The van der Waals surface area contributed by atoms with Gasteiger partial charge in [0.25, 0.3) is 0 Å². The fourth-order valence-electron chi connectivity index (χ4n) is 3.27. The number of rotatable bonds is 3. The zero-order valence-electron chi connectivity index (χ0n) is 12.3. The average Bonchev–Trinajstić information content (AvgIpc) is 2.98. The van der Waals surface area contributed by atoms with Crippen molar-refractivity contribution in [2.24, 2.45) is 5.41 Å². The first-order chi connectivity index (χ1) is 9.97. The van der Waals surface area contributed by atoms with Crippen molar-refractivity contribution in [3.8, 4) is 0 Å². The first-order valence-electron chi connectivity index (χ1n) is 7.25. The molecule has 118 valence electrons. The van der Waals surface area contributed by atoms with Crippen LogP contribution >= 0.6 is 0 Å². The van der Waals surface area contributed by atoms with Crippen molar-refractivity contribution in [1.29, 1.82) is 0 Å². The summed E-state index contributed by atoms with van der Waals surface area (Å²) in [7, 11) is -3.16. The summed E-state index contributed by atoms with van der Waals surface area (Å²) in [5, 5.41) is 0. The van der Waals surface area contributed by atoms with E-state index in [1.54, 1.807) is 10.6 Å². The van der Waals surface area contributed by atoms with Gasteiger partial charge in [-0.2, -0.15) is 4.31 Å². The van der Waals surface area contributed by atoms with Crippen LogP contribution in [-0.4, -0.2) is 63.3 Å². The van der Waals surface area contributed by atoms with Crippen LogP contribution in [0.4, 0.5) is 0 Å². The van der Waals surface area contributed by atoms with Crippen LogP contribution in [0.2, 0.25) is 0 Å². The van der Waals surface area contributed by atoms with E-state index in [1.165, 1.54) is 6.26 Å². The molecule has 0 aliphatic carbocycles. The van der Waals surface area contributed by atoms with Gasteiger partial charge in [0.15, 0.2) is 0 Å². The third-order valence-corrected chi connectivity index (χ3v) is 5.60. The molecule has 0 radical (unpaired) electrons. The van der Waals surface area contributed by atoms with Gasteiger partial charge in [-0.15, -0.1) is 0 Å². The van der Waals surface area contributed by atoms with Gasteiger partial charge in [0.2, 0.25) is 10.0 Å². The first kappa shape index (κ1) is 15.0. The maximum atomic E-state index is 11.9. The van der Waals surface area contributed by atoms with Crippen LogP contribution in [0.25, 0.3) is 0 Å². The average molecular weight is 314 g/mol. The molecule has 1 atom stereocenters. The van der Waals surface area contributed by atoms with E-state index in [4.69, 9.17) is 9.15 Å². The number of hydrogen-bond donors (Lipinski definition) is 0. The van der Waals surface area contributed by atoms with E-state index in [1.807, 2.05) is 12.1 Å². The van der Waals surface area contributed by atoms with Crippen LogP contribution in [0.5, 0.6) is 0 Å². The summed E-state index contributed by atoms with van der Waals surface area (Å²) in [4.78, 5) is 2.31. The van der Waals surface area contributed by atoms with Crippen LogP contribution in [0.3, 0.4) is 0 Å². The largest absolute Gasteiger partial charge is 0.468 e. The van der Waals surface area contributed by atoms with E-state index in [-0.39, 0.29) is 5.41 Å². The van der Waals surface area contributed by atoms with E-state index in [2.05, 4.69) is 4.90 Å². The molecule has 0 bridgehead atoms. The second-order valence-electron chi connectivity index (χ2n) is 6.19. The molecule has 21 heavy (non-hydrogen) atoms. The first-order valence-corrected chi connectivity index (χ1v) is 9.09. The normalized spacial score (nSPS) is 29.0. The lowest BCUT2D eigenvalue weighted by molar-refractivity contribution is 0.0716. The number of ether oxygens (including phenoxy) is 1. The molecule has 6 nitrogen and oxygen atoms in total. The molecule has 1 unspecified atom stereocenters. The highest BCUT2D eigenvalue weighted by Crippen LogP contribution is 2.34. The zero-order valence-corrected chi connectivity index (χ0v) is 13.1. The Bertz CT molecular complexity index is 572. The van der Waals surface area contributed by atoms with Gasteiger partial charge in [-0.05, 0) is 25.1 Å². The summed E-state index contributed by atoms with van der Waals surface area (Å²) in [5.41, 5.74) is -0.0911. The van der Waals surface area contributed by atoms with Crippen LogP contribution < -0.4 is 0 Å². The number of sulfonamides is 1. The van der Waals surface area contributed by atoms with E-state index in [0.29, 0.717) is 26.3 Å². The van der Waals surface area contributed by atoms with E-state index >= 15 is 0 Å². The molecule has 0 N–H and O–H groups in total. The second-order valence-corrected chi connectivity index (χ2v) is 8.17. The Balaban J connectivity index is 1.69. The summed E-state index contributed by atoms with van der Waals surface area (Å²) < 4.78 is 36.4. The Morgan fingerprint density at radius 3 is 2.90 bits per heavy atom. The highest BCUT2D eigenvalue weighted by molar-refractivity contribution is 7.88. The molecule has 3 rings (SSSR count). The fourth-order valence-corrected chi connectivity index (χ4v) is 4.18. The van der Waals surface area contributed by atoms with E-state index in [0.717, 1.165) is 31.8 Å². The fraction of sp³-hybridized carbons (Fsp3) is 0.714. The van der Waals surface area contributed by atoms with Crippen LogP contribution in [0.15, 0.2) is 22.8 Å². The molecule has 2 aliphatic heterocycles. The third-order valence-electron chi connectivity index (χ3n) is 4.35. The predicted octanol–water partition coefficient (Wildman–Crippen LogP) is 0.764. The van der Waals surface area contributed by atoms with Crippen LogP contribution in [0, 0.1) is 5.41 Å². The van der Waals surface area contributed by atoms with Gasteiger partial charge >= 0.3 is 0 Å². The molecule has 2 fully saturated rings. The van der Waals surface area contributed by atoms with Crippen molar-refractivity contribution in [1.82, 2.24) is 9.21 Å². The molecule has 1 aromatic rings. The number of hydrogen-bond acceptors (Lipinski definition) is 5. The Morgan fingerprint density at radius 1 is 1.33 bits per heavy atom. The Labute approximate surface area is 125 Å². The minimum atomic E-state index is -3.16. The minimum absolute atomic E-state index is 0.0911. The monoisotopic (exact) mass is 314 g/mol. The zero-order chi connectivity index (χ0) is 14.9. The van der Waals surface area contributed by atoms with Gasteiger partial charge in [-0.25, -0.2) is 8.42 Å². The summed E-state index contributed by atoms with van der Waals surface area (Å²) in [6.07, 6.45) is 3.92. The van der Waals surface area contributed by atoms with Crippen molar-refractivity contribution in [2.75, 3.05) is 45.6 Å². The predicted molar refractivity (Wildman–Crippen MR) is 78.3 cm³/mol. The molecule has 0 saturated carbocycles. The lowest BCUT2D eigenvalue weighted by Gasteiger charge is -2.30. The molecule has 7 heteroatoms. The minimum Gasteiger partial charge on any atom is -0.468 e. The molecule has 0 amide bonds. The van der Waals surface area contributed by atoms with Gasteiger partial charge < -0.3 is 9.15 Å². The quantitative estimate of drug-likeness (QED) is 0.824. The Hall–Kier alpha value is -0.890. The van der Waals surface area contributed by atoms with Gasteiger partial charge in [0, 0.05) is 25.0 Å². The molecule has 0 aromatic carbocycles. The molecule has 1 spiro atoms. The molecular weight excluding hydrogens is 292 g/mol. The number of nitrogens with zero attached hydrogens (tertiary/aromatic N) is 2. The van der Waals surface area contributed by atoms with E-state index in [9.17, 15) is 8.42 Å². The summed E-state index contributed by atoms with van der Waals surface area (Å²) in [6, 6.07) is 3.86. The van der Waals surface area contributed by atoms with Gasteiger partial charge in [0.05, 0.1) is 32.3 Å². The smallest absolute Gasteiger partial charge is 0.211 e. The van der Waals surface area contributed by atoms with E-state index < -0.39 is 10.0 Å². The van der Waals surface area contributed by atoms with Gasteiger partial charge in [0.1, 0.15) is 5.76 Å². The third kappa shape index (κ3) is 3.48. The summed E-state index contributed by atoms with van der Waals surface area (Å²) in [5.74, 6) is 0.946. The number of furan rings is 1. The maximum absolute atomic E-state index is 11.9. The molecular formula is C14H22N2O4S. The molecule has 1 aromatic heterocycles.